The molecule has 29 heavy (non-hydrogen) atoms. The number of hydrogen-bond acceptors (Lipinski definition) is 5. The first-order valence-corrected chi connectivity index (χ1v) is 8.98. The Morgan fingerprint density at radius 2 is 2.03 bits per heavy atom. The summed E-state index contributed by atoms with van der Waals surface area (Å²) in [6.45, 7) is 1.33. The lowest BCUT2D eigenvalue weighted by Crippen LogP contribution is -2.28. The molecule has 2 aromatic heterocycles. The van der Waals surface area contributed by atoms with E-state index in [1.54, 1.807) is 29.2 Å². The lowest BCUT2D eigenvalue weighted by molar-refractivity contribution is -0.119. The molecule has 9 nitrogen and oxygen atoms in total. The Morgan fingerprint density at radius 3 is 2.72 bits per heavy atom. The molecule has 0 bridgehead atoms. The minimum absolute atomic E-state index is 0. The lowest BCUT2D eigenvalue weighted by Gasteiger charge is -2.18. The molecular formula is C19H22ClN7O2. The average molecular weight is 416 g/mol. The highest BCUT2D eigenvalue weighted by Crippen LogP contribution is 2.29. The van der Waals surface area contributed by atoms with E-state index in [1.165, 1.54) is 4.68 Å². The van der Waals surface area contributed by atoms with Crippen LogP contribution in [0.5, 0.6) is 0 Å². The van der Waals surface area contributed by atoms with Gasteiger partial charge in [-0.1, -0.05) is 12.1 Å². The van der Waals surface area contributed by atoms with E-state index in [0.29, 0.717) is 17.9 Å². The minimum Gasteiger partial charge on any atom is -0.364 e. The summed E-state index contributed by atoms with van der Waals surface area (Å²) in [7, 11) is 1.86. The van der Waals surface area contributed by atoms with Crippen molar-refractivity contribution < 1.29 is 9.59 Å². The zero-order valence-corrected chi connectivity index (χ0v) is 16.6. The minimum atomic E-state index is -0.600. The lowest BCUT2D eigenvalue weighted by atomic mass is 9.90. The number of primary amides is 1. The van der Waals surface area contributed by atoms with E-state index in [9.17, 15) is 9.59 Å². The molecule has 0 spiro atoms. The topological polar surface area (TPSA) is 120 Å². The molecule has 0 aliphatic carbocycles. The molecule has 1 aliphatic heterocycles. The molecule has 1 fully saturated rings. The zero-order valence-electron chi connectivity index (χ0n) is 15.8. The van der Waals surface area contributed by atoms with Gasteiger partial charge in [0.15, 0.2) is 0 Å². The van der Waals surface area contributed by atoms with Crippen molar-refractivity contribution in [2.45, 2.75) is 5.92 Å². The van der Waals surface area contributed by atoms with Crippen LogP contribution in [0, 0.1) is 5.92 Å². The molecule has 0 radical (unpaired) electrons. The molecule has 10 heteroatoms. The summed E-state index contributed by atoms with van der Waals surface area (Å²) in [5, 5.41) is 14.7. The fourth-order valence-electron chi connectivity index (χ4n) is 3.53. The van der Waals surface area contributed by atoms with Crippen molar-refractivity contribution in [3.63, 3.8) is 0 Å². The van der Waals surface area contributed by atoms with Crippen LogP contribution in [-0.4, -0.2) is 44.5 Å². The standard InChI is InChI=1S/C19H21N7O2.ClH/c1-25-11-12(8-22-25)13-9-21-10-14(13)19(28)23-15-4-2-3-5-17(15)26-7-6-16(24-26)18(20)27;/h2-8,11,13-14,21H,9-10H2,1H3,(H2,20,27)(H,23,28);1H/t13-,14+;/m1./s1. The number of aryl methyl sites for hydroxylation is 1. The maximum atomic E-state index is 13.0. The number of rotatable bonds is 5. The number of carbonyl (C=O) groups is 2. The van der Waals surface area contributed by atoms with Crippen LogP contribution in [0.25, 0.3) is 5.69 Å². The highest BCUT2D eigenvalue weighted by molar-refractivity contribution is 5.95. The summed E-state index contributed by atoms with van der Waals surface area (Å²) in [5.74, 6) is -0.826. The van der Waals surface area contributed by atoms with Crippen molar-refractivity contribution in [1.82, 2.24) is 24.9 Å². The van der Waals surface area contributed by atoms with Crippen LogP contribution in [0.2, 0.25) is 0 Å². The summed E-state index contributed by atoms with van der Waals surface area (Å²) >= 11 is 0. The van der Waals surface area contributed by atoms with Gasteiger partial charge in [-0.25, -0.2) is 4.68 Å². The van der Waals surface area contributed by atoms with Crippen molar-refractivity contribution in [2.75, 3.05) is 18.4 Å². The number of aromatic nitrogens is 4. The van der Waals surface area contributed by atoms with Crippen LogP contribution in [0.3, 0.4) is 0 Å². The van der Waals surface area contributed by atoms with Gasteiger partial charge in [-0.15, -0.1) is 12.4 Å². The van der Waals surface area contributed by atoms with Gasteiger partial charge in [-0.3, -0.25) is 14.3 Å². The Kier molecular flexibility index (Phi) is 6.00. The van der Waals surface area contributed by atoms with Gasteiger partial charge >= 0.3 is 0 Å². The zero-order chi connectivity index (χ0) is 19.7. The van der Waals surface area contributed by atoms with E-state index < -0.39 is 5.91 Å². The maximum Gasteiger partial charge on any atom is 0.269 e. The van der Waals surface area contributed by atoms with Crippen molar-refractivity contribution in [1.29, 1.82) is 0 Å². The van der Waals surface area contributed by atoms with E-state index in [1.807, 2.05) is 31.4 Å². The Balaban J connectivity index is 0.00000240. The molecule has 0 unspecified atom stereocenters. The van der Waals surface area contributed by atoms with Gasteiger partial charge in [-0.05, 0) is 23.8 Å². The van der Waals surface area contributed by atoms with Crippen molar-refractivity contribution in [2.24, 2.45) is 18.7 Å². The quantitative estimate of drug-likeness (QED) is 0.575. The number of halogens is 1. The average Bonchev–Trinajstić information content (AvgIpc) is 3.42. The number of nitrogens with two attached hydrogens (primary N) is 1. The fourth-order valence-corrected chi connectivity index (χ4v) is 3.53. The monoisotopic (exact) mass is 415 g/mol. The molecule has 4 rings (SSSR count). The van der Waals surface area contributed by atoms with Crippen LogP contribution in [0.4, 0.5) is 5.69 Å². The second-order valence-corrected chi connectivity index (χ2v) is 6.83. The van der Waals surface area contributed by atoms with Gasteiger partial charge in [0, 0.05) is 38.4 Å². The van der Waals surface area contributed by atoms with Gasteiger partial charge in [0.05, 0.1) is 23.5 Å². The third-order valence-corrected chi connectivity index (χ3v) is 4.95. The number of carbonyl (C=O) groups excluding carboxylic acids is 2. The normalized spacial score (nSPS) is 18.2. The van der Waals surface area contributed by atoms with E-state index >= 15 is 0 Å². The number of anilines is 1. The number of nitrogens with zero attached hydrogens (tertiary/aromatic N) is 4. The molecule has 1 saturated heterocycles. The summed E-state index contributed by atoms with van der Waals surface area (Å²) in [6.07, 6.45) is 5.39. The van der Waals surface area contributed by atoms with Crippen LogP contribution in [-0.2, 0) is 11.8 Å². The molecule has 2 amide bonds. The number of nitrogens with one attached hydrogen (secondary N) is 2. The molecule has 1 aliphatic rings. The van der Waals surface area contributed by atoms with Gasteiger partial charge in [0.1, 0.15) is 5.69 Å². The summed E-state index contributed by atoms with van der Waals surface area (Å²) in [4.78, 5) is 24.3. The third kappa shape index (κ3) is 4.15. The van der Waals surface area contributed by atoms with Crippen LogP contribution in [0.1, 0.15) is 22.0 Å². The predicted molar refractivity (Wildman–Crippen MR) is 110 cm³/mol. The molecule has 0 saturated carbocycles. The second kappa shape index (κ2) is 8.46. The highest BCUT2D eigenvalue weighted by Gasteiger charge is 2.35. The largest absolute Gasteiger partial charge is 0.364 e. The van der Waals surface area contributed by atoms with E-state index in [-0.39, 0.29) is 35.8 Å². The highest BCUT2D eigenvalue weighted by atomic mass is 35.5. The molecule has 1 aromatic carbocycles. The van der Waals surface area contributed by atoms with Crippen molar-refractivity contribution >= 4 is 29.9 Å². The Labute approximate surface area is 173 Å². The van der Waals surface area contributed by atoms with Crippen LogP contribution >= 0.6 is 12.4 Å². The first-order valence-electron chi connectivity index (χ1n) is 8.98. The molecule has 3 aromatic rings. The SMILES string of the molecule is Cl.Cn1cc([C@H]2CNC[C@@H]2C(=O)Nc2ccccc2-n2ccc(C(N)=O)n2)cn1. The van der Waals surface area contributed by atoms with Gasteiger partial charge in [0.2, 0.25) is 5.91 Å². The van der Waals surface area contributed by atoms with Crippen molar-refractivity contribution in [3.8, 4) is 5.69 Å². The predicted octanol–water partition coefficient (Wildman–Crippen LogP) is 1.07. The summed E-state index contributed by atoms with van der Waals surface area (Å²) in [5.41, 5.74) is 7.76. The van der Waals surface area contributed by atoms with Crippen molar-refractivity contribution in [3.05, 3.63) is 60.2 Å². The molecule has 152 valence electrons. The van der Waals surface area contributed by atoms with Gasteiger partial charge in [-0.2, -0.15) is 10.2 Å². The van der Waals surface area contributed by atoms with Gasteiger partial charge < -0.3 is 16.4 Å². The molecule has 3 heterocycles. The second-order valence-electron chi connectivity index (χ2n) is 6.83. The number of para-hydroxylation sites is 2. The van der Waals surface area contributed by atoms with E-state index in [0.717, 1.165) is 12.1 Å². The summed E-state index contributed by atoms with van der Waals surface area (Å²) in [6, 6.07) is 8.84. The Morgan fingerprint density at radius 1 is 1.24 bits per heavy atom. The van der Waals surface area contributed by atoms with E-state index in [4.69, 9.17) is 5.73 Å². The fraction of sp³-hybridized carbons (Fsp3) is 0.263. The van der Waals surface area contributed by atoms with E-state index in [2.05, 4.69) is 20.8 Å². The Bertz CT molecular complexity index is 1030. The third-order valence-electron chi connectivity index (χ3n) is 4.95. The molecule has 4 N–H and O–H groups in total. The smallest absolute Gasteiger partial charge is 0.269 e. The first-order chi connectivity index (χ1) is 13.5. The van der Waals surface area contributed by atoms with Crippen LogP contribution in [0.15, 0.2) is 48.9 Å². The number of benzene rings is 1. The molecule has 2 atom stereocenters. The first kappa shape index (κ1) is 20.6. The van der Waals surface area contributed by atoms with Gasteiger partial charge in [0.25, 0.3) is 5.91 Å². The van der Waals surface area contributed by atoms with Crippen LogP contribution < -0.4 is 16.4 Å². The Hall–Kier alpha value is -3.17. The molecular weight excluding hydrogens is 394 g/mol. The summed E-state index contributed by atoms with van der Waals surface area (Å²) < 4.78 is 3.27. The number of hydrogen-bond donors (Lipinski definition) is 3. The maximum absolute atomic E-state index is 13.0. The number of amides is 2.